The average Bonchev–Trinajstić information content (AvgIpc) is 2.70. The summed E-state index contributed by atoms with van der Waals surface area (Å²) in [6.45, 7) is 2.68. The zero-order valence-electron chi connectivity index (χ0n) is 16.0. The van der Waals surface area contributed by atoms with Gasteiger partial charge in [0.25, 0.3) is 0 Å². The molecule has 3 rings (SSSR count). The number of hydrogen-bond acceptors (Lipinski definition) is 4. The fourth-order valence-electron chi connectivity index (χ4n) is 3.28. The van der Waals surface area contributed by atoms with Gasteiger partial charge in [0.2, 0.25) is 0 Å². The largest absolute Gasteiger partial charge is 0.494 e. The fourth-order valence-corrected chi connectivity index (χ4v) is 3.28. The second kappa shape index (κ2) is 10.1. The van der Waals surface area contributed by atoms with Crippen molar-refractivity contribution in [2.75, 3.05) is 20.2 Å². The Balaban J connectivity index is 1.35. The lowest BCUT2D eigenvalue weighted by Gasteiger charge is -2.32. The van der Waals surface area contributed by atoms with E-state index in [1.807, 2.05) is 36.4 Å². The van der Waals surface area contributed by atoms with Crippen molar-refractivity contribution >= 4 is 6.03 Å². The van der Waals surface area contributed by atoms with E-state index in [0.717, 1.165) is 37.1 Å². The molecule has 1 fully saturated rings. The van der Waals surface area contributed by atoms with Gasteiger partial charge in [-0.15, -0.1) is 0 Å². The number of likely N-dealkylation sites (tertiary alicyclic amines) is 1. The second-order valence-corrected chi connectivity index (χ2v) is 6.87. The van der Waals surface area contributed by atoms with E-state index < -0.39 is 0 Å². The number of rotatable bonds is 7. The Morgan fingerprint density at radius 3 is 2.57 bits per heavy atom. The number of urea groups is 1. The van der Waals surface area contributed by atoms with Crippen LogP contribution < -0.4 is 15.5 Å². The molecule has 0 aliphatic carbocycles. The lowest BCUT2D eigenvalue weighted by Crippen LogP contribution is -2.47. The molecular formula is C21H26FN3O3. The SMILES string of the molecule is COc1ccc(CN2CCC(NC(=O)NOCc3ccccc3)CC2)cc1F. The lowest BCUT2D eigenvalue weighted by atomic mass is 10.0. The van der Waals surface area contributed by atoms with Crippen LogP contribution in [0.3, 0.4) is 0 Å². The summed E-state index contributed by atoms with van der Waals surface area (Å²) in [5.41, 5.74) is 4.33. The van der Waals surface area contributed by atoms with E-state index >= 15 is 0 Å². The number of benzene rings is 2. The van der Waals surface area contributed by atoms with Crippen molar-refractivity contribution in [2.24, 2.45) is 0 Å². The van der Waals surface area contributed by atoms with Crippen molar-refractivity contribution in [2.45, 2.75) is 32.0 Å². The van der Waals surface area contributed by atoms with Crippen molar-refractivity contribution in [3.05, 3.63) is 65.5 Å². The van der Waals surface area contributed by atoms with Crippen molar-refractivity contribution in [1.82, 2.24) is 15.7 Å². The van der Waals surface area contributed by atoms with Crippen LogP contribution in [0.15, 0.2) is 48.5 Å². The Morgan fingerprint density at radius 1 is 1.14 bits per heavy atom. The average molecular weight is 387 g/mol. The third kappa shape index (κ3) is 5.94. The highest BCUT2D eigenvalue weighted by Gasteiger charge is 2.21. The van der Waals surface area contributed by atoms with E-state index in [4.69, 9.17) is 9.57 Å². The molecule has 2 N–H and O–H groups in total. The standard InChI is InChI=1S/C21H26FN3O3/c1-27-20-8-7-17(13-19(20)22)14-25-11-9-18(10-12-25)23-21(26)24-28-15-16-5-3-2-4-6-16/h2-8,13,18H,9-12,14-15H2,1H3,(H2,23,24,26). The monoisotopic (exact) mass is 387 g/mol. The van der Waals surface area contributed by atoms with Crippen molar-refractivity contribution < 1.29 is 18.8 Å². The maximum absolute atomic E-state index is 13.8. The fraction of sp³-hybridized carbons (Fsp3) is 0.381. The minimum absolute atomic E-state index is 0.101. The van der Waals surface area contributed by atoms with E-state index in [1.165, 1.54) is 13.2 Å². The number of amides is 2. The number of ether oxygens (including phenoxy) is 1. The molecule has 0 bridgehead atoms. The van der Waals surface area contributed by atoms with Gasteiger partial charge in [-0.2, -0.15) is 0 Å². The predicted octanol–water partition coefficient (Wildman–Crippen LogP) is 3.23. The van der Waals surface area contributed by atoms with Gasteiger partial charge in [0, 0.05) is 25.7 Å². The number of methoxy groups -OCH3 is 1. The first-order chi connectivity index (χ1) is 13.6. The Labute approximate surface area is 164 Å². The number of hydrogen-bond donors (Lipinski definition) is 2. The van der Waals surface area contributed by atoms with E-state index in [9.17, 15) is 9.18 Å². The molecule has 150 valence electrons. The Hall–Kier alpha value is -2.64. The minimum atomic E-state index is -0.344. The van der Waals surface area contributed by atoms with E-state index in [0.29, 0.717) is 13.2 Å². The van der Waals surface area contributed by atoms with Gasteiger partial charge in [0.15, 0.2) is 11.6 Å². The summed E-state index contributed by atoms with van der Waals surface area (Å²) in [6, 6.07) is 14.5. The summed E-state index contributed by atoms with van der Waals surface area (Å²) in [5.74, 6) is -0.0871. The van der Waals surface area contributed by atoms with Crippen molar-refractivity contribution in [3.63, 3.8) is 0 Å². The molecule has 6 nitrogen and oxygen atoms in total. The number of piperidine rings is 1. The molecule has 0 unspecified atom stereocenters. The molecule has 0 saturated carbocycles. The van der Waals surface area contributed by atoms with Crippen LogP contribution in [-0.2, 0) is 18.0 Å². The van der Waals surface area contributed by atoms with Gasteiger partial charge in [-0.05, 0) is 36.1 Å². The van der Waals surface area contributed by atoms with E-state index in [2.05, 4.69) is 15.7 Å². The smallest absolute Gasteiger partial charge is 0.338 e. The molecule has 0 aromatic heterocycles. The van der Waals surface area contributed by atoms with Gasteiger partial charge in [-0.3, -0.25) is 9.74 Å². The lowest BCUT2D eigenvalue weighted by molar-refractivity contribution is 0.0470. The summed E-state index contributed by atoms with van der Waals surface area (Å²) in [5, 5.41) is 2.94. The second-order valence-electron chi connectivity index (χ2n) is 6.87. The summed E-state index contributed by atoms with van der Waals surface area (Å²) in [6.07, 6.45) is 1.68. The van der Waals surface area contributed by atoms with Gasteiger partial charge in [0.05, 0.1) is 13.7 Å². The third-order valence-corrected chi connectivity index (χ3v) is 4.79. The van der Waals surface area contributed by atoms with Gasteiger partial charge >= 0.3 is 6.03 Å². The Morgan fingerprint density at radius 2 is 1.89 bits per heavy atom. The number of halogens is 1. The highest BCUT2D eigenvalue weighted by molar-refractivity contribution is 5.73. The van der Waals surface area contributed by atoms with Crippen LogP contribution in [0.5, 0.6) is 5.75 Å². The van der Waals surface area contributed by atoms with Crippen LogP contribution in [0.1, 0.15) is 24.0 Å². The van der Waals surface area contributed by atoms with Gasteiger partial charge in [-0.25, -0.2) is 14.7 Å². The van der Waals surface area contributed by atoms with E-state index in [-0.39, 0.29) is 23.6 Å². The first-order valence-corrected chi connectivity index (χ1v) is 9.41. The Kier molecular flexibility index (Phi) is 7.22. The molecule has 2 aromatic rings. The molecule has 2 amide bonds. The highest BCUT2D eigenvalue weighted by Crippen LogP contribution is 2.20. The third-order valence-electron chi connectivity index (χ3n) is 4.79. The Bertz CT molecular complexity index is 765. The molecule has 7 heteroatoms. The molecule has 1 saturated heterocycles. The van der Waals surface area contributed by atoms with E-state index in [1.54, 1.807) is 6.07 Å². The van der Waals surface area contributed by atoms with Gasteiger partial charge < -0.3 is 10.1 Å². The van der Waals surface area contributed by atoms with Gasteiger partial charge in [0.1, 0.15) is 0 Å². The number of nitrogens with zero attached hydrogens (tertiary/aromatic N) is 1. The molecule has 0 atom stereocenters. The molecule has 0 radical (unpaired) electrons. The van der Waals surface area contributed by atoms with Crippen LogP contribution >= 0.6 is 0 Å². The van der Waals surface area contributed by atoms with Crippen LogP contribution in [-0.4, -0.2) is 37.2 Å². The molecule has 1 aliphatic heterocycles. The van der Waals surface area contributed by atoms with Crippen LogP contribution in [0.4, 0.5) is 9.18 Å². The number of carbonyl (C=O) groups is 1. The minimum Gasteiger partial charge on any atom is -0.494 e. The van der Waals surface area contributed by atoms with Crippen LogP contribution in [0, 0.1) is 5.82 Å². The maximum Gasteiger partial charge on any atom is 0.338 e. The molecule has 1 heterocycles. The highest BCUT2D eigenvalue weighted by atomic mass is 19.1. The zero-order chi connectivity index (χ0) is 19.8. The topological polar surface area (TPSA) is 62.8 Å². The molecule has 1 aliphatic rings. The number of hydroxylamine groups is 1. The maximum atomic E-state index is 13.8. The quantitative estimate of drug-likeness (QED) is 0.716. The predicted molar refractivity (Wildman–Crippen MR) is 104 cm³/mol. The van der Waals surface area contributed by atoms with Gasteiger partial charge in [-0.1, -0.05) is 36.4 Å². The normalized spacial score (nSPS) is 15.2. The van der Waals surface area contributed by atoms with Crippen LogP contribution in [0.25, 0.3) is 0 Å². The van der Waals surface area contributed by atoms with Crippen LogP contribution in [0.2, 0.25) is 0 Å². The summed E-state index contributed by atoms with van der Waals surface area (Å²) < 4.78 is 18.8. The molecular weight excluding hydrogens is 361 g/mol. The first-order valence-electron chi connectivity index (χ1n) is 9.41. The van der Waals surface area contributed by atoms with Crippen molar-refractivity contribution in [3.8, 4) is 5.75 Å². The summed E-state index contributed by atoms with van der Waals surface area (Å²) >= 11 is 0. The number of carbonyl (C=O) groups excluding carboxylic acids is 1. The first kappa shape index (κ1) is 20.1. The summed E-state index contributed by atoms with van der Waals surface area (Å²) in [4.78, 5) is 19.4. The number of nitrogens with one attached hydrogen (secondary N) is 2. The molecule has 2 aromatic carbocycles. The van der Waals surface area contributed by atoms with Crippen molar-refractivity contribution in [1.29, 1.82) is 0 Å². The summed E-state index contributed by atoms with van der Waals surface area (Å²) in [7, 11) is 1.46. The molecule has 28 heavy (non-hydrogen) atoms. The zero-order valence-corrected chi connectivity index (χ0v) is 16.0. The molecule has 0 spiro atoms.